The number of likely N-dealkylation sites (tertiary alicyclic amines) is 1. The molecule has 0 aliphatic carbocycles. The summed E-state index contributed by atoms with van der Waals surface area (Å²) in [4.78, 5) is 22.8. The first-order chi connectivity index (χ1) is 13.8. The Hall–Kier alpha value is -1.40. The van der Waals surface area contributed by atoms with Gasteiger partial charge in [0.15, 0.2) is 5.96 Å². The van der Waals surface area contributed by atoms with Gasteiger partial charge in [0.25, 0.3) is 0 Å². The zero-order valence-electron chi connectivity index (χ0n) is 19.3. The second-order valence-corrected chi connectivity index (χ2v) is 8.13. The third-order valence-electron chi connectivity index (χ3n) is 5.29. The van der Waals surface area contributed by atoms with E-state index in [0.717, 1.165) is 44.0 Å². The minimum absolute atomic E-state index is 0. The molecule has 0 bridgehead atoms. The lowest BCUT2D eigenvalue weighted by molar-refractivity contribution is -0.130. The molecule has 0 radical (unpaired) electrons. The molecule has 1 aliphatic heterocycles. The van der Waals surface area contributed by atoms with Crippen LogP contribution in [0.5, 0.6) is 0 Å². The summed E-state index contributed by atoms with van der Waals surface area (Å²) in [6.07, 6.45) is 5.96. The first-order valence-corrected chi connectivity index (χ1v) is 10.4. The van der Waals surface area contributed by atoms with Gasteiger partial charge in [0.2, 0.25) is 5.91 Å². The highest BCUT2D eigenvalue weighted by molar-refractivity contribution is 14.0. The van der Waals surface area contributed by atoms with E-state index in [1.807, 2.05) is 38.2 Å². The Bertz CT molecular complexity index is 668. The first-order valence-electron chi connectivity index (χ1n) is 10.4. The molecule has 9 nitrogen and oxygen atoms in total. The fourth-order valence-electron chi connectivity index (χ4n) is 3.44. The van der Waals surface area contributed by atoms with E-state index < -0.39 is 0 Å². The van der Waals surface area contributed by atoms with Crippen molar-refractivity contribution in [3.8, 4) is 0 Å². The highest BCUT2D eigenvalue weighted by Gasteiger charge is 2.22. The number of rotatable bonds is 8. The summed E-state index contributed by atoms with van der Waals surface area (Å²) < 4.78 is 1.83. The SMILES string of the molecule is CCNC(=NCC(c1cnn(C)c1)N(C)C)NC1CCN(CC(=O)N(C)C)CC1.I. The van der Waals surface area contributed by atoms with E-state index >= 15 is 0 Å². The predicted molar refractivity (Wildman–Crippen MR) is 132 cm³/mol. The molecule has 0 spiro atoms. The number of nitrogens with one attached hydrogen (secondary N) is 2. The molecule has 1 fully saturated rings. The molecule has 1 aromatic heterocycles. The van der Waals surface area contributed by atoms with Crippen molar-refractivity contribution in [1.29, 1.82) is 0 Å². The second kappa shape index (κ2) is 13.1. The van der Waals surface area contributed by atoms with Crippen LogP contribution in [0, 0.1) is 0 Å². The van der Waals surface area contributed by atoms with Crippen molar-refractivity contribution in [2.24, 2.45) is 12.0 Å². The van der Waals surface area contributed by atoms with E-state index in [1.54, 1.807) is 4.90 Å². The van der Waals surface area contributed by atoms with E-state index in [0.29, 0.717) is 19.1 Å². The molecule has 10 heteroatoms. The van der Waals surface area contributed by atoms with Gasteiger partial charge in [-0.3, -0.25) is 19.4 Å². The zero-order chi connectivity index (χ0) is 21.4. The summed E-state index contributed by atoms with van der Waals surface area (Å²) in [7, 11) is 9.69. The van der Waals surface area contributed by atoms with Crippen LogP contribution in [0.1, 0.15) is 31.4 Å². The molecule has 172 valence electrons. The minimum atomic E-state index is 0. The molecule has 2 heterocycles. The number of aromatic nitrogens is 2. The average molecular weight is 534 g/mol. The number of halogens is 1. The van der Waals surface area contributed by atoms with Gasteiger partial charge in [-0.15, -0.1) is 24.0 Å². The molecule has 1 aromatic rings. The Labute approximate surface area is 198 Å². The maximum Gasteiger partial charge on any atom is 0.236 e. The summed E-state index contributed by atoms with van der Waals surface area (Å²) in [5.74, 6) is 1.02. The summed E-state index contributed by atoms with van der Waals surface area (Å²) in [5, 5.41) is 11.2. The van der Waals surface area contributed by atoms with Gasteiger partial charge in [0.1, 0.15) is 0 Å². The van der Waals surface area contributed by atoms with Crippen molar-refractivity contribution in [3.63, 3.8) is 0 Å². The number of carbonyl (C=O) groups excluding carboxylic acids is 1. The third kappa shape index (κ3) is 8.38. The lowest BCUT2D eigenvalue weighted by atomic mass is 10.1. The van der Waals surface area contributed by atoms with Crippen LogP contribution in [0.15, 0.2) is 17.4 Å². The van der Waals surface area contributed by atoms with E-state index in [4.69, 9.17) is 4.99 Å². The van der Waals surface area contributed by atoms with Crippen LogP contribution in [0.25, 0.3) is 0 Å². The summed E-state index contributed by atoms with van der Waals surface area (Å²) in [5.41, 5.74) is 1.16. The molecule has 1 atom stereocenters. The van der Waals surface area contributed by atoms with E-state index in [1.165, 1.54) is 0 Å². The molecular weight excluding hydrogens is 495 g/mol. The van der Waals surface area contributed by atoms with Gasteiger partial charge in [-0.05, 0) is 33.9 Å². The standard InChI is InChI=1S/C20H38N8O.HI/c1-7-21-20(22-13-18(25(2)3)16-12-23-27(6)14-16)24-17-8-10-28(11-9-17)15-19(29)26(4)5;/h12,14,17-18H,7-11,13,15H2,1-6H3,(H2,21,22,24);1H. The van der Waals surface area contributed by atoms with Crippen LogP contribution < -0.4 is 10.6 Å². The Morgan fingerprint density at radius 2 is 1.97 bits per heavy atom. The van der Waals surface area contributed by atoms with Crippen molar-refractivity contribution in [2.75, 3.05) is 60.9 Å². The van der Waals surface area contributed by atoms with Gasteiger partial charge >= 0.3 is 0 Å². The number of hydrogen-bond donors (Lipinski definition) is 2. The summed E-state index contributed by atoms with van der Waals surface area (Å²) in [6, 6.07) is 0.549. The van der Waals surface area contributed by atoms with Crippen LogP contribution >= 0.6 is 24.0 Å². The Balaban J connectivity index is 0.00000450. The van der Waals surface area contributed by atoms with Crippen molar-refractivity contribution < 1.29 is 4.79 Å². The van der Waals surface area contributed by atoms with Crippen molar-refractivity contribution in [2.45, 2.75) is 31.8 Å². The van der Waals surface area contributed by atoms with Crippen molar-refractivity contribution in [1.82, 2.24) is 35.1 Å². The van der Waals surface area contributed by atoms with Crippen LogP contribution in [0.4, 0.5) is 0 Å². The topological polar surface area (TPSA) is 81.0 Å². The van der Waals surface area contributed by atoms with Gasteiger partial charge < -0.3 is 20.4 Å². The van der Waals surface area contributed by atoms with Gasteiger partial charge in [0, 0.05) is 58.6 Å². The van der Waals surface area contributed by atoms with E-state index in [2.05, 4.69) is 46.6 Å². The van der Waals surface area contributed by atoms with E-state index in [-0.39, 0.29) is 35.9 Å². The molecular formula is C20H39IN8O. The number of likely N-dealkylation sites (N-methyl/N-ethyl adjacent to an activating group) is 2. The van der Waals surface area contributed by atoms with Gasteiger partial charge in [-0.2, -0.15) is 5.10 Å². The fraction of sp³-hybridized carbons (Fsp3) is 0.750. The van der Waals surface area contributed by atoms with Crippen molar-refractivity contribution >= 4 is 35.8 Å². The van der Waals surface area contributed by atoms with Crippen LogP contribution in [-0.4, -0.2) is 103 Å². The lowest BCUT2D eigenvalue weighted by Gasteiger charge is -2.33. The minimum Gasteiger partial charge on any atom is -0.357 e. The number of carbonyl (C=O) groups is 1. The second-order valence-electron chi connectivity index (χ2n) is 8.13. The largest absolute Gasteiger partial charge is 0.357 e. The number of aryl methyl sites for hydroxylation is 1. The molecule has 1 aliphatic rings. The molecule has 0 saturated carbocycles. The number of amides is 1. The summed E-state index contributed by atoms with van der Waals surface area (Å²) >= 11 is 0. The van der Waals surface area contributed by atoms with Gasteiger partial charge in [-0.1, -0.05) is 0 Å². The lowest BCUT2D eigenvalue weighted by Crippen LogP contribution is -2.50. The summed E-state index contributed by atoms with van der Waals surface area (Å²) in [6.45, 7) is 5.91. The maximum absolute atomic E-state index is 11.9. The molecule has 1 saturated heterocycles. The first kappa shape index (κ1) is 26.6. The number of guanidine groups is 1. The number of hydrogen-bond acceptors (Lipinski definition) is 5. The predicted octanol–water partition coefficient (Wildman–Crippen LogP) is 0.749. The molecule has 2 N–H and O–H groups in total. The molecule has 1 amide bonds. The molecule has 1 unspecified atom stereocenters. The van der Waals surface area contributed by atoms with Crippen LogP contribution in [0.2, 0.25) is 0 Å². The Kier molecular flexibility index (Phi) is 11.6. The number of aliphatic imine (C=N–C) groups is 1. The van der Waals surface area contributed by atoms with Crippen LogP contribution in [0.3, 0.4) is 0 Å². The Morgan fingerprint density at radius 3 is 2.47 bits per heavy atom. The smallest absolute Gasteiger partial charge is 0.236 e. The normalized spacial score (nSPS) is 16.8. The van der Waals surface area contributed by atoms with Gasteiger partial charge in [0.05, 0.1) is 25.3 Å². The Morgan fingerprint density at radius 1 is 1.30 bits per heavy atom. The molecule has 30 heavy (non-hydrogen) atoms. The fourth-order valence-corrected chi connectivity index (χ4v) is 3.44. The van der Waals surface area contributed by atoms with Crippen molar-refractivity contribution in [3.05, 3.63) is 18.0 Å². The number of nitrogens with zero attached hydrogens (tertiary/aromatic N) is 6. The van der Waals surface area contributed by atoms with Gasteiger partial charge in [-0.25, -0.2) is 0 Å². The third-order valence-corrected chi connectivity index (χ3v) is 5.29. The van der Waals surface area contributed by atoms with E-state index in [9.17, 15) is 4.79 Å². The molecule has 2 rings (SSSR count). The highest BCUT2D eigenvalue weighted by Crippen LogP contribution is 2.17. The average Bonchev–Trinajstić information content (AvgIpc) is 3.09. The number of piperidine rings is 1. The zero-order valence-corrected chi connectivity index (χ0v) is 21.6. The maximum atomic E-state index is 11.9. The quantitative estimate of drug-likeness (QED) is 0.291. The molecule has 0 aromatic carbocycles. The highest BCUT2D eigenvalue weighted by atomic mass is 127. The monoisotopic (exact) mass is 534 g/mol. The van der Waals surface area contributed by atoms with Crippen LogP contribution in [-0.2, 0) is 11.8 Å².